The van der Waals surface area contributed by atoms with Crippen molar-refractivity contribution < 1.29 is 19.4 Å². The van der Waals surface area contributed by atoms with Gasteiger partial charge in [0.2, 0.25) is 0 Å². The molecule has 104 valence electrons. The molecule has 1 aromatic rings. The fraction of sp³-hybridized carbons (Fsp3) is 0.385. The zero-order chi connectivity index (χ0) is 14.1. The molecule has 19 heavy (non-hydrogen) atoms. The SMILES string of the molecule is COCC(NC(=O)NCCC(=O)O)c1ccccc1. The van der Waals surface area contributed by atoms with Crippen molar-refractivity contribution in [3.8, 4) is 0 Å². The standard InChI is InChI=1S/C13H18N2O4/c1-19-9-11(10-5-3-2-4-6-10)15-13(18)14-8-7-12(16)17/h2-6,11H,7-9H2,1H3,(H,16,17)(H2,14,15,18). The Bertz CT molecular complexity index is 408. The smallest absolute Gasteiger partial charge is 0.315 e. The van der Waals surface area contributed by atoms with Crippen LogP contribution in [-0.2, 0) is 9.53 Å². The van der Waals surface area contributed by atoms with Crippen molar-refractivity contribution in [1.82, 2.24) is 10.6 Å². The van der Waals surface area contributed by atoms with Crippen LogP contribution >= 0.6 is 0 Å². The van der Waals surface area contributed by atoms with Gasteiger partial charge in [-0.2, -0.15) is 0 Å². The third-order valence-corrected chi connectivity index (χ3v) is 2.47. The molecule has 1 rings (SSSR count). The van der Waals surface area contributed by atoms with Gasteiger partial charge in [-0.25, -0.2) is 4.79 Å². The Balaban J connectivity index is 2.49. The van der Waals surface area contributed by atoms with E-state index < -0.39 is 12.0 Å². The van der Waals surface area contributed by atoms with Gasteiger partial charge in [-0.05, 0) is 5.56 Å². The maximum atomic E-state index is 11.6. The van der Waals surface area contributed by atoms with Gasteiger partial charge in [0.25, 0.3) is 0 Å². The van der Waals surface area contributed by atoms with Crippen molar-refractivity contribution in [2.75, 3.05) is 20.3 Å². The number of carboxylic acids is 1. The molecule has 0 aliphatic heterocycles. The molecule has 2 amide bonds. The van der Waals surface area contributed by atoms with Gasteiger partial charge in [-0.15, -0.1) is 0 Å². The van der Waals surface area contributed by atoms with Gasteiger partial charge < -0.3 is 20.5 Å². The molecule has 0 saturated carbocycles. The summed E-state index contributed by atoms with van der Waals surface area (Å²) in [7, 11) is 1.56. The number of amides is 2. The lowest BCUT2D eigenvalue weighted by Gasteiger charge is -2.18. The molecule has 0 aliphatic rings. The lowest BCUT2D eigenvalue weighted by Crippen LogP contribution is -2.40. The average molecular weight is 266 g/mol. The number of carbonyl (C=O) groups excluding carboxylic acids is 1. The first-order valence-corrected chi connectivity index (χ1v) is 5.93. The molecule has 0 heterocycles. The van der Waals surface area contributed by atoms with Crippen molar-refractivity contribution in [3.05, 3.63) is 35.9 Å². The van der Waals surface area contributed by atoms with Crippen LogP contribution in [0.15, 0.2) is 30.3 Å². The van der Waals surface area contributed by atoms with Crippen molar-refractivity contribution >= 4 is 12.0 Å². The number of hydrogen-bond donors (Lipinski definition) is 3. The van der Waals surface area contributed by atoms with E-state index in [-0.39, 0.29) is 19.0 Å². The Morgan fingerprint density at radius 1 is 1.32 bits per heavy atom. The van der Waals surface area contributed by atoms with E-state index in [4.69, 9.17) is 9.84 Å². The minimum Gasteiger partial charge on any atom is -0.481 e. The highest BCUT2D eigenvalue weighted by Gasteiger charge is 2.13. The summed E-state index contributed by atoms with van der Waals surface area (Å²) in [5.41, 5.74) is 0.928. The zero-order valence-corrected chi connectivity index (χ0v) is 10.8. The number of carbonyl (C=O) groups is 2. The van der Waals surface area contributed by atoms with Crippen LogP contribution in [0.4, 0.5) is 4.79 Å². The molecule has 3 N–H and O–H groups in total. The lowest BCUT2D eigenvalue weighted by atomic mass is 10.1. The summed E-state index contributed by atoms with van der Waals surface area (Å²) in [6, 6.07) is 8.75. The molecular formula is C13H18N2O4. The van der Waals surface area contributed by atoms with Crippen molar-refractivity contribution in [3.63, 3.8) is 0 Å². The third kappa shape index (κ3) is 5.87. The van der Waals surface area contributed by atoms with Crippen LogP contribution in [0.2, 0.25) is 0 Å². The van der Waals surface area contributed by atoms with Gasteiger partial charge in [0, 0.05) is 13.7 Å². The monoisotopic (exact) mass is 266 g/mol. The number of aliphatic carboxylic acids is 1. The average Bonchev–Trinajstić information content (AvgIpc) is 2.39. The number of urea groups is 1. The van der Waals surface area contributed by atoms with Crippen molar-refractivity contribution in [2.24, 2.45) is 0 Å². The first-order valence-electron chi connectivity index (χ1n) is 5.93. The Morgan fingerprint density at radius 3 is 2.58 bits per heavy atom. The molecular weight excluding hydrogens is 248 g/mol. The summed E-state index contributed by atoms with van der Waals surface area (Å²) in [5.74, 6) is -0.947. The Labute approximate surface area is 111 Å². The number of rotatable bonds is 7. The predicted octanol–water partition coefficient (Wildman–Crippen LogP) is 1.15. The molecule has 6 nitrogen and oxygen atoms in total. The van der Waals surface area contributed by atoms with Gasteiger partial charge in [-0.1, -0.05) is 30.3 Å². The van der Waals surface area contributed by atoms with Gasteiger partial charge >= 0.3 is 12.0 Å². The summed E-state index contributed by atoms with van der Waals surface area (Å²) in [6.07, 6.45) is -0.103. The molecule has 0 saturated heterocycles. The van der Waals surface area contributed by atoms with Crippen LogP contribution in [0, 0.1) is 0 Å². The number of hydrogen-bond acceptors (Lipinski definition) is 3. The van der Waals surface area contributed by atoms with E-state index in [9.17, 15) is 9.59 Å². The second-order valence-corrected chi connectivity index (χ2v) is 3.96. The number of methoxy groups -OCH3 is 1. The number of nitrogens with one attached hydrogen (secondary N) is 2. The van der Waals surface area contributed by atoms with Crippen LogP contribution in [0.5, 0.6) is 0 Å². The molecule has 0 spiro atoms. The van der Waals surface area contributed by atoms with E-state index >= 15 is 0 Å². The molecule has 0 radical (unpaired) electrons. The first-order chi connectivity index (χ1) is 9.13. The molecule has 1 atom stereocenters. The molecule has 1 unspecified atom stereocenters. The second kappa shape index (κ2) is 8.10. The normalized spacial score (nSPS) is 11.6. The van der Waals surface area contributed by atoms with Crippen LogP contribution in [0.25, 0.3) is 0 Å². The zero-order valence-electron chi connectivity index (χ0n) is 10.8. The summed E-state index contributed by atoms with van der Waals surface area (Å²) in [5, 5.41) is 13.7. The highest BCUT2D eigenvalue weighted by Crippen LogP contribution is 2.12. The largest absolute Gasteiger partial charge is 0.481 e. The number of ether oxygens (including phenoxy) is 1. The van der Waals surface area contributed by atoms with Crippen molar-refractivity contribution in [1.29, 1.82) is 0 Å². The van der Waals surface area contributed by atoms with E-state index in [2.05, 4.69) is 10.6 Å². The van der Waals surface area contributed by atoms with E-state index in [1.165, 1.54) is 0 Å². The Hall–Kier alpha value is -2.08. The van der Waals surface area contributed by atoms with E-state index in [0.29, 0.717) is 6.61 Å². The fourth-order valence-corrected chi connectivity index (χ4v) is 1.57. The van der Waals surface area contributed by atoms with Gasteiger partial charge in [0.1, 0.15) is 0 Å². The molecule has 1 aromatic carbocycles. The second-order valence-electron chi connectivity index (χ2n) is 3.96. The maximum absolute atomic E-state index is 11.6. The number of carboxylic acid groups (broad SMARTS) is 1. The highest BCUT2D eigenvalue weighted by atomic mass is 16.5. The minimum atomic E-state index is -0.947. The fourth-order valence-electron chi connectivity index (χ4n) is 1.57. The number of benzene rings is 1. The van der Waals surface area contributed by atoms with Gasteiger partial charge in [-0.3, -0.25) is 4.79 Å². The Morgan fingerprint density at radius 2 is 2.00 bits per heavy atom. The molecule has 0 bridgehead atoms. The predicted molar refractivity (Wildman–Crippen MR) is 69.8 cm³/mol. The van der Waals surface area contributed by atoms with Gasteiger partial charge in [0.15, 0.2) is 0 Å². The third-order valence-electron chi connectivity index (χ3n) is 2.47. The van der Waals surface area contributed by atoms with Crippen LogP contribution in [0.1, 0.15) is 18.0 Å². The quantitative estimate of drug-likeness (QED) is 0.690. The molecule has 0 aromatic heterocycles. The van der Waals surface area contributed by atoms with Gasteiger partial charge in [0.05, 0.1) is 19.1 Å². The summed E-state index contributed by atoms with van der Waals surface area (Å²) in [4.78, 5) is 21.9. The molecule has 0 aliphatic carbocycles. The first kappa shape index (κ1) is 15.0. The van der Waals surface area contributed by atoms with Crippen molar-refractivity contribution in [2.45, 2.75) is 12.5 Å². The molecule has 6 heteroatoms. The lowest BCUT2D eigenvalue weighted by molar-refractivity contribution is -0.136. The summed E-state index contributed by atoms with van der Waals surface area (Å²) in [6.45, 7) is 0.437. The highest BCUT2D eigenvalue weighted by molar-refractivity contribution is 5.75. The molecule has 0 fully saturated rings. The van der Waals surface area contributed by atoms with E-state index in [1.807, 2.05) is 30.3 Å². The summed E-state index contributed by atoms with van der Waals surface area (Å²) >= 11 is 0. The maximum Gasteiger partial charge on any atom is 0.315 e. The van der Waals surface area contributed by atoms with Crippen LogP contribution in [-0.4, -0.2) is 37.4 Å². The topological polar surface area (TPSA) is 87.7 Å². The minimum absolute atomic E-state index is 0.0929. The van der Waals surface area contributed by atoms with Crippen LogP contribution < -0.4 is 10.6 Å². The van der Waals surface area contributed by atoms with Crippen LogP contribution in [0.3, 0.4) is 0 Å². The van der Waals surface area contributed by atoms with E-state index in [1.54, 1.807) is 7.11 Å². The van der Waals surface area contributed by atoms with E-state index in [0.717, 1.165) is 5.56 Å². The Kier molecular flexibility index (Phi) is 6.38. The summed E-state index contributed by atoms with van der Waals surface area (Å²) < 4.78 is 5.07.